The quantitative estimate of drug-likeness (QED) is 0.855. The fourth-order valence-electron chi connectivity index (χ4n) is 1.89. The van der Waals surface area contributed by atoms with Gasteiger partial charge in [0.2, 0.25) is 0 Å². The Labute approximate surface area is 119 Å². The van der Waals surface area contributed by atoms with Crippen LogP contribution in [0.25, 0.3) is 11.3 Å². The summed E-state index contributed by atoms with van der Waals surface area (Å²) in [7, 11) is 0. The molecular formula is C16H19N3O. The molecule has 0 spiro atoms. The van der Waals surface area contributed by atoms with E-state index in [0.29, 0.717) is 17.9 Å². The molecule has 0 amide bonds. The van der Waals surface area contributed by atoms with Gasteiger partial charge in [0, 0.05) is 11.8 Å². The van der Waals surface area contributed by atoms with Crippen molar-refractivity contribution >= 4 is 0 Å². The van der Waals surface area contributed by atoms with Crippen molar-refractivity contribution < 1.29 is 4.74 Å². The lowest BCUT2D eigenvalue weighted by Crippen LogP contribution is -2.22. The van der Waals surface area contributed by atoms with E-state index in [4.69, 9.17) is 4.74 Å². The number of aromatic nitrogens is 2. The molecule has 2 aromatic rings. The smallest absolute Gasteiger partial charge is 0.119 e. The molecule has 0 saturated heterocycles. The van der Waals surface area contributed by atoms with E-state index < -0.39 is 0 Å². The Morgan fingerprint density at radius 1 is 1.25 bits per heavy atom. The fraction of sp³-hybridized carbons (Fsp3) is 0.375. The molecule has 0 bridgehead atoms. The van der Waals surface area contributed by atoms with Gasteiger partial charge in [0.25, 0.3) is 0 Å². The van der Waals surface area contributed by atoms with Gasteiger partial charge in [0.1, 0.15) is 17.5 Å². The van der Waals surface area contributed by atoms with Crippen LogP contribution in [0.1, 0.15) is 33.3 Å². The number of ether oxygens (including phenoxy) is 1. The van der Waals surface area contributed by atoms with Gasteiger partial charge >= 0.3 is 0 Å². The van der Waals surface area contributed by atoms with Crippen molar-refractivity contribution in [1.29, 1.82) is 5.26 Å². The average Bonchev–Trinajstić information content (AvgIpc) is 2.84. The zero-order chi connectivity index (χ0) is 14.8. The number of benzene rings is 1. The van der Waals surface area contributed by atoms with Crippen LogP contribution in [0.15, 0.2) is 30.5 Å². The summed E-state index contributed by atoms with van der Waals surface area (Å²) in [6.45, 7) is 8.77. The van der Waals surface area contributed by atoms with Crippen molar-refractivity contribution in [3.8, 4) is 23.1 Å². The van der Waals surface area contributed by atoms with Gasteiger partial charge in [-0.25, -0.2) is 0 Å². The number of hydrogen-bond donors (Lipinski definition) is 0. The Morgan fingerprint density at radius 3 is 2.40 bits per heavy atom. The molecule has 0 N–H and O–H groups in total. The Balaban J connectivity index is 2.42. The first kappa shape index (κ1) is 14.1. The van der Waals surface area contributed by atoms with E-state index in [1.54, 1.807) is 6.20 Å². The van der Waals surface area contributed by atoms with Crippen molar-refractivity contribution in [2.75, 3.05) is 6.61 Å². The Hall–Kier alpha value is -2.28. The highest BCUT2D eigenvalue weighted by Gasteiger charge is 2.18. The van der Waals surface area contributed by atoms with Crippen molar-refractivity contribution in [2.24, 2.45) is 0 Å². The van der Waals surface area contributed by atoms with Gasteiger partial charge in [0.05, 0.1) is 17.7 Å². The van der Waals surface area contributed by atoms with Gasteiger partial charge in [-0.2, -0.15) is 10.4 Å². The first-order chi connectivity index (χ1) is 9.45. The zero-order valence-electron chi connectivity index (χ0n) is 12.3. The Bertz CT molecular complexity index is 627. The number of rotatable bonds is 3. The second-order valence-corrected chi connectivity index (χ2v) is 5.58. The minimum absolute atomic E-state index is 0.144. The molecule has 0 aliphatic heterocycles. The predicted molar refractivity (Wildman–Crippen MR) is 78.5 cm³/mol. The van der Waals surface area contributed by atoms with Crippen LogP contribution in [0.4, 0.5) is 0 Å². The molecule has 4 nitrogen and oxygen atoms in total. The lowest BCUT2D eigenvalue weighted by atomic mass is 10.1. The highest BCUT2D eigenvalue weighted by Crippen LogP contribution is 2.26. The van der Waals surface area contributed by atoms with Crippen LogP contribution in [-0.2, 0) is 5.54 Å². The van der Waals surface area contributed by atoms with Gasteiger partial charge in [-0.15, -0.1) is 0 Å². The van der Waals surface area contributed by atoms with Gasteiger partial charge < -0.3 is 4.74 Å². The van der Waals surface area contributed by atoms with Gasteiger partial charge in [-0.05, 0) is 52.0 Å². The molecule has 104 valence electrons. The van der Waals surface area contributed by atoms with E-state index in [2.05, 4.69) is 31.9 Å². The molecule has 20 heavy (non-hydrogen) atoms. The first-order valence-corrected chi connectivity index (χ1v) is 6.69. The maximum Gasteiger partial charge on any atom is 0.119 e. The summed E-state index contributed by atoms with van der Waals surface area (Å²) in [5.41, 5.74) is 2.08. The molecule has 0 aliphatic carbocycles. The molecule has 0 unspecified atom stereocenters. The topological polar surface area (TPSA) is 50.8 Å². The molecular weight excluding hydrogens is 250 g/mol. The van der Waals surface area contributed by atoms with Crippen LogP contribution < -0.4 is 4.74 Å². The van der Waals surface area contributed by atoms with Crippen LogP contribution in [0.3, 0.4) is 0 Å². The second kappa shape index (κ2) is 5.38. The molecule has 0 fully saturated rings. The van der Waals surface area contributed by atoms with Crippen LogP contribution in [0.2, 0.25) is 0 Å². The van der Waals surface area contributed by atoms with Crippen molar-refractivity contribution in [3.05, 3.63) is 36.0 Å². The molecule has 1 aromatic carbocycles. The third-order valence-corrected chi connectivity index (χ3v) is 2.96. The normalized spacial score (nSPS) is 11.2. The predicted octanol–water partition coefficient (Wildman–Crippen LogP) is 3.58. The third-order valence-electron chi connectivity index (χ3n) is 2.96. The molecule has 1 heterocycles. The van der Waals surface area contributed by atoms with E-state index in [0.717, 1.165) is 11.3 Å². The van der Waals surface area contributed by atoms with Crippen molar-refractivity contribution in [1.82, 2.24) is 9.78 Å². The molecule has 4 heteroatoms. The fourth-order valence-corrected chi connectivity index (χ4v) is 1.89. The first-order valence-electron chi connectivity index (χ1n) is 6.69. The van der Waals surface area contributed by atoms with Crippen LogP contribution in [-0.4, -0.2) is 16.4 Å². The van der Waals surface area contributed by atoms with Crippen LogP contribution in [0.5, 0.6) is 5.75 Å². The SMILES string of the molecule is CCOc1ccc(-c2nn(C(C)(C)C)cc2C#N)cc1. The monoisotopic (exact) mass is 269 g/mol. The van der Waals surface area contributed by atoms with E-state index in [1.165, 1.54) is 0 Å². The van der Waals surface area contributed by atoms with Gasteiger partial charge in [-0.1, -0.05) is 0 Å². The Kier molecular flexibility index (Phi) is 3.80. The van der Waals surface area contributed by atoms with E-state index in [9.17, 15) is 5.26 Å². The molecule has 2 rings (SSSR count). The summed E-state index contributed by atoms with van der Waals surface area (Å²) in [6.07, 6.45) is 1.80. The average molecular weight is 269 g/mol. The molecule has 0 atom stereocenters. The summed E-state index contributed by atoms with van der Waals surface area (Å²) in [6, 6.07) is 9.87. The minimum Gasteiger partial charge on any atom is -0.494 e. The van der Waals surface area contributed by atoms with E-state index in [-0.39, 0.29) is 5.54 Å². The number of nitriles is 1. The third kappa shape index (κ3) is 2.83. The lowest BCUT2D eigenvalue weighted by Gasteiger charge is -2.18. The molecule has 1 aromatic heterocycles. The highest BCUT2D eigenvalue weighted by atomic mass is 16.5. The standard InChI is InChI=1S/C16H19N3O/c1-5-20-14-8-6-12(7-9-14)15-13(10-17)11-19(18-15)16(2,3)4/h6-9,11H,5H2,1-4H3. The maximum atomic E-state index is 9.27. The summed E-state index contributed by atoms with van der Waals surface area (Å²) in [5.74, 6) is 0.824. The Morgan fingerprint density at radius 2 is 1.90 bits per heavy atom. The van der Waals surface area contributed by atoms with Gasteiger partial charge in [-0.3, -0.25) is 4.68 Å². The molecule has 0 saturated carbocycles. The summed E-state index contributed by atoms with van der Waals surface area (Å²) < 4.78 is 7.25. The summed E-state index contributed by atoms with van der Waals surface area (Å²) >= 11 is 0. The maximum absolute atomic E-state index is 9.27. The lowest BCUT2D eigenvalue weighted by molar-refractivity contribution is 0.340. The molecule has 0 radical (unpaired) electrons. The van der Waals surface area contributed by atoms with Crippen molar-refractivity contribution in [3.63, 3.8) is 0 Å². The van der Waals surface area contributed by atoms with Crippen molar-refractivity contribution in [2.45, 2.75) is 33.2 Å². The van der Waals surface area contributed by atoms with E-state index >= 15 is 0 Å². The summed E-state index contributed by atoms with van der Waals surface area (Å²) in [4.78, 5) is 0. The second-order valence-electron chi connectivity index (χ2n) is 5.58. The van der Waals surface area contributed by atoms with Gasteiger partial charge in [0.15, 0.2) is 0 Å². The minimum atomic E-state index is -0.144. The zero-order valence-corrected chi connectivity index (χ0v) is 12.3. The largest absolute Gasteiger partial charge is 0.494 e. The number of nitrogens with zero attached hydrogens (tertiary/aromatic N) is 3. The van der Waals surface area contributed by atoms with Crippen LogP contribution >= 0.6 is 0 Å². The van der Waals surface area contributed by atoms with Crippen LogP contribution in [0, 0.1) is 11.3 Å². The molecule has 0 aliphatic rings. The van der Waals surface area contributed by atoms with E-state index in [1.807, 2.05) is 35.9 Å². The highest BCUT2D eigenvalue weighted by molar-refractivity contribution is 5.66. The summed E-state index contributed by atoms with van der Waals surface area (Å²) in [5, 5.41) is 13.8. The number of hydrogen-bond acceptors (Lipinski definition) is 3.